The van der Waals surface area contributed by atoms with Crippen LogP contribution in [0.4, 0.5) is 5.69 Å². The quantitative estimate of drug-likeness (QED) is 0.900. The van der Waals surface area contributed by atoms with Gasteiger partial charge in [-0.25, -0.2) is 0 Å². The summed E-state index contributed by atoms with van der Waals surface area (Å²) in [4.78, 5) is 3.44. The molecule has 1 saturated heterocycles. The number of nitrogens with one attached hydrogen (secondary N) is 1. The number of benzene rings is 1. The highest BCUT2D eigenvalue weighted by Gasteiger charge is 2.18. The van der Waals surface area contributed by atoms with E-state index in [1.54, 1.807) is 6.26 Å². The Morgan fingerprint density at radius 3 is 2.42 bits per heavy atom. The van der Waals surface area contributed by atoms with Crippen LogP contribution in [0.3, 0.4) is 0 Å². The summed E-state index contributed by atoms with van der Waals surface area (Å²) in [5, 5.41) is 3.58. The van der Waals surface area contributed by atoms with Gasteiger partial charge in [0.05, 0.1) is 0 Å². The Labute approximate surface area is 118 Å². The van der Waals surface area contributed by atoms with E-state index in [0.29, 0.717) is 6.04 Å². The maximum Gasteiger partial charge on any atom is 0.0498 e. The van der Waals surface area contributed by atoms with Crippen molar-refractivity contribution in [1.82, 2.24) is 4.90 Å². The number of likely N-dealkylation sites (tertiary alicyclic amines) is 1. The summed E-state index contributed by atoms with van der Waals surface area (Å²) in [6, 6.07) is 8.55. The van der Waals surface area contributed by atoms with Gasteiger partial charge in [-0.05, 0) is 50.1 Å². The van der Waals surface area contributed by atoms with Gasteiger partial charge in [-0.15, -0.1) is 0 Å². The molecule has 0 aromatic heterocycles. The molecule has 0 amide bonds. The molecule has 4 heteroatoms. The molecular formula is C15H24N2OS. The molecule has 0 spiro atoms. The van der Waals surface area contributed by atoms with E-state index in [0.717, 1.165) is 10.6 Å². The monoisotopic (exact) mass is 280 g/mol. The number of anilines is 1. The molecule has 0 aliphatic carbocycles. The molecule has 3 nitrogen and oxygen atoms in total. The minimum absolute atomic E-state index is 0.575. The van der Waals surface area contributed by atoms with Gasteiger partial charge in [0.2, 0.25) is 0 Å². The Morgan fingerprint density at radius 2 is 1.89 bits per heavy atom. The van der Waals surface area contributed by atoms with Gasteiger partial charge in [-0.2, -0.15) is 0 Å². The van der Waals surface area contributed by atoms with Gasteiger partial charge in [0.25, 0.3) is 0 Å². The second kappa shape index (κ2) is 7.06. The minimum atomic E-state index is -0.886. The summed E-state index contributed by atoms with van der Waals surface area (Å²) in [7, 11) is -0.886. The average Bonchev–Trinajstić information content (AvgIpc) is 2.42. The van der Waals surface area contributed by atoms with E-state index in [2.05, 4.69) is 17.1 Å². The van der Waals surface area contributed by atoms with E-state index in [4.69, 9.17) is 0 Å². The Hall–Kier alpha value is -0.870. The molecular weight excluding hydrogens is 256 g/mol. The molecule has 1 aliphatic heterocycles. The van der Waals surface area contributed by atoms with Crippen LogP contribution in [0.15, 0.2) is 29.2 Å². The first-order chi connectivity index (χ1) is 9.19. The highest BCUT2D eigenvalue weighted by atomic mass is 32.2. The largest absolute Gasteiger partial charge is 0.382 e. The molecule has 1 N–H and O–H groups in total. The first-order valence-electron chi connectivity index (χ1n) is 7.11. The fourth-order valence-electron chi connectivity index (χ4n) is 2.60. The Balaban J connectivity index is 1.83. The second-order valence-electron chi connectivity index (χ2n) is 5.24. The molecule has 0 radical (unpaired) electrons. The molecule has 0 saturated carbocycles. The molecule has 1 atom stereocenters. The van der Waals surface area contributed by atoms with Crippen LogP contribution in [0.5, 0.6) is 0 Å². The Bertz CT molecular complexity index is 411. The zero-order valence-electron chi connectivity index (χ0n) is 11.9. The molecule has 1 aliphatic rings. The third-order valence-electron chi connectivity index (χ3n) is 3.68. The zero-order valence-corrected chi connectivity index (χ0v) is 12.7. The number of hydrogen-bond donors (Lipinski definition) is 1. The van der Waals surface area contributed by atoms with Crippen LogP contribution in [-0.4, -0.2) is 41.0 Å². The lowest BCUT2D eigenvalue weighted by Crippen LogP contribution is -2.39. The molecule has 19 heavy (non-hydrogen) atoms. The summed E-state index contributed by atoms with van der Waals surface area (Å²) in [5.41, 5.74) is 1.14. The third kappa shape index (κ3) is 4.32. The molecule has 2 rings (SSSR count). The molecule has 1 fully saturated rings. The smallest absolute Gasteiger partial charge is 0.0498 e. The summed E-state index contributed by atoms with van der Waals surface area (Å²) >= 11 is 0. The molecule has 1 aromatic rings. The Morgan fingerprint density at radius 1 is 1.26 bits per heavy atom. The number of rotatable bonds is 5. The van der Waals surface area contributed by atoms with Gasteiger partial charge in [-0.3, -0.25) is 4.21 Å². The summed E-state index contributed by atoms with van der Waals surface area (Å²) in [5.74, 6) is 0. The molecule has 1 heterocycles. The van der Waals surface area contributed by atoms with Crippen molar-refractivity contribution >= 4 is 16.5 Å². The highest BCUT2D eigenvalue weighted by Crippen LogP contribution is 2.18. The van der Waals surface area contributed by atoms with Gasteiger partial charge in [0, 0.05) is 46.8 Å². The average molecular weight is 280 g/mol. The lowest BCUT2D eigenvalue weighted by molar-refractivity contribution is 0.219. The van der Waals surface area contributed by atoms with Gasteiger partial charge in [0.1, 0.15) is 0 Å². The SMILES string of the molecule is CCCN1CCC(Nc2ccc([S@@](C)=O)cc2)CC1. The van der Waals surface area contributed by atoms with Gasteiger partial charge in [-0.1, -0.05) is 6.92 Å². The summed E-state index contributed by atoms with van der Waals surface area (Å²) < 4.78 is 11.3. The van der Waals surface area contributed by atoms with Crippen molar-refractivity contribution < 1.29 is 4.21 Å². The van der Waals surface area contributed by atoms with Crippen LogP contribution in [0.2, 0.25) is 0 Å². The Kier molecular flexibility index (Phi) is 5.40. The number of hydrogen-bond acceptors (Lipinski definition) is 3. The van der Waals surface area contributed by atoms with E-state index in [1.807, 2.05) is 24.3 Å². The van der Waals surface area contributed by atoms with Crippen molar-refractivity contribution in [2.75, 3.05) is 31.2 Å². The summed E-state index contributed by atoms with van der Waals surface area (Å²) in [6.45, 7) is 5.86. The minimum Gasteiger partial charge on any atom is -0.382 e. The molecule has 1 aromatic carbocycles. The van der Waals surface area contributed by atoms with Crippen LogP contribution in [0.1, 0.15) is 26.2 Å². The lowest BCUT2D eigenvalue weighted by Gasteiger charge is -2.32. The standard InChI is InChI=1S/C15H24N2OS/c1-3-10-17-11-8-14(9-12-17)16-13-4-6-15(7-5-13)19(2)18/h4-7,14,16H,3,8-12H2,1-2H3/t19-/m1/s1. The normalized spacial score (nSPS) is 19.3. The number of nitrogens with zero attached hydrogens (tertiary/aromatic N) is 1. The maximum absolute atomic E-state index is 11.3. The van der Waals surface area contributed by atoms with E-state index in [-0.39, 0.29) is 0 Å². The fraction of sp³-hybridized carbons (Fsp3) is 0.600. The first-order valence-corrected chi connectivity index (χ1v) is 8.67. The number of piperidine rings is 1. The predicted octanol–water partition coefficient (Wildman–Crippen LogP) is 2.71. The van der Waals surface area contributed by atoms with Gasteiger partial charge >= 0.3 is 0 Å². The first kappa shape index (κ1) is 14.5. The van der Waals surface area contributed by atoms with Crippen LogP contribution < -0.4 is 5.32 Å². The van der Waals surface area contributed by atoms with E-state index < -0.39 is 10.8 Å². The van der Waals surface area contributed by atoms with Gasteiger partial charge in [0.15, 0.2) is 0 Å². The van der Waals surface area contributed by atoms with E-state index in [1.165, 1.54) is 38.9 Å². The maximum atomic E-state index is 11.3. The van der Waals surface area contributed by atoms with Crippen molar-refractivity contribution in [3.05, 3.63) is 24.3 Å². The zero-order chi connectivity index (χ0) is 13.7. The van der Waals surface area contributed by atoms with Crippen LogP contribution in [-0.2, 0) is 10.8 Å². The second-order valence-corrected chi connectivity index (χ2v) is 6.62. The van der Waals surface area contributed by atoms with E-state index in [9.17, 15) is 4.21 Å². The van der Waals surface area contributed by atoms with Crippen molar-refractivity contribution in [1.29, 1.82) is 0 Å². The topological polar surface area (TPSA) is 32.3 Å². The van der Waals surface area contributed by atoms with Crippen molar-refractivity contribution in [2.45, 2.75) is 37.1 Å². The van der Waals surface area contributed by atoms with Crippen molar-refractivity contribution in [3.8, 4) is 0 Å². The lowest BCUT2D eigenvalue weighted by atomic mass is 10.0. The van der Waals surface area contributed by atoms with Gasteiger partial charge < -0.3 is 10.2 Å². The van der Waals surface area contributed by atoms with Crippen molar-refractivity contribution in [3.63, 3.8) is 0 Å². The summed E-state index contributed by atoms with van der Waals surface area (Å²) in [6.07, 6.45) is 5.38. The van der Waals surface area contributed by atoms with Crippen LogP contribution >= 0.6 is 0 Å². The third-order valence-corrected chi connectivity index (χ3v) is 4.62. The van der Waals surface area contributed by atoms with Crippen LogP contribution in [0, 0.1) is 0 Å². The fourth-order valence-corrected chi connectivity index (χ4v) is 3.11. The van der Waals surface area contributed by atoms with E-state index >= 15 is 0 Å². The van der Waals surface area contributed by atoms with Crippen LogP contribution in [0.25, 0.3) is 0 Å². The predicted molar refractivity (Wildman–Crippen MR) is 82.2 cm³/mol. The highest BCUT2D eigenvalue weighted by molar-refractivity contribution is 7.84. The molecule has 0 unspecified atom stereocenters. The van der Waals surface area contributed by atoms with Crippen molar-refractivity contribution in [2.24, 2.45) is 0 Å². The molecule has 106 valence electrons. The molecule has 0 bridgehead atoms.